The molecule has 0 aliphatic carbocycles. The van der Waals surface area contributed by atoms with E-state index in [4.69, 9.17) is 16.6 Å². The monoisotopic (exact) mass is 455 g/mol. The van der Waals surface area contributed by atoms with Gasteiger partial charge in [-0.1, -0.05) is 70.6 Å². The zero-order valence-electron chi connectivity index (χ0n) is 14.1. The molecule has 3 nitrogen and oxygen atoms in total. The quantitative estimate of drug-likeness (QED) is 0.321. The molecule has 3 aromatic rings. The molecule has 1 aliphatic rings. The number of thiocarbonyl (C=S) groups is 1. The van der Waals surface area contributed by atoms with Crippen LogP contribution in [0.2, 0.25) is 0 Å². The van der Waals surface area contributed by atoms with Crippen LogP contribution in [-0.2, 0) is 6.54 Å². The van der Waals surface area contributed by atoms with E-state index in [1.54, 1.807) is 4.90 Å². The highest BCUT2D eigenvalue weighted by atomic mass is 79.9. The highest BCUT2D eigenvalue weighted by molar-refractivity contribution is 9.10. The zero-order chi connectivity index (χ0) is 18.8. The van der Waals surface area contributed by atoms with Crippen LogP contribution in [-0.4, -0.2) is 15.1 Å². The maximum absolute atomic E-state index is 12.4. The smallest absolute Gasteiger partial charge is 0.291 e. The average molecular weight is 456 g/mol. The topological polar surface area (TPSA) is 33.5 Å². The minimum Gasteiger partial charge on any atom is -0.457 e. The van der Waals surface area contributed by atoms with Gasteiger partial charge >= 0.3 is 0 Å². The lowest BCUT2D eigenvalue weighted by molar-refractivity contribution is 0.244. The van der Waals surface area contributed by atoms with Gasteiger partial charge in [-0.15, -0.1) is 0 Å². The minimum atomic E-state index is -0.0604. The Morgan fingerprint density at radius 2 is 1.78 bits per heavy atom. The van der Waals surface area contributed by atoms with Crippen LogP contribution in [0, 0.1) is 0 Å². The van der Waals surface area contributed by atoms with E-state index in [2.05, 4.69) is 15.9 Å². The second kappa shape index (κ2) is 7.84. The second-order valence-electron chi connectivity index (χ2n) is 5.96. The first-order valence-corrected chi connectivity index (χ1v) is 10.3. The maximum Gasteiger partial charge on any atom is 0.291 e. The Morgan fingerprint density at radius 3 is 2.52 bits per heavy atom. The number of halogens is 1. The van der Waals surface area contributed by atoms with Crippen molar-refractivity contribution in [2.24, 2.45) is 0 Å². The van der Waals surface area contributed by atoms with Gasteiger partial charge in [0.2, 0.25) is 0 Å². The lowest BCUT2D eigenvalue weighted by Crippen LogP contribution is -2.26. The predicted molar refractivity (Wildman–Crippen MR) is 117 cm³/mol. The van der Waals surface area contributed by atoms with E-state index in [9.17, 15) is 4.79 Å². The molecule has 1 amide bonds. The molecule has 0 atom stereocenters. The van der Waals surface area contributed by atoms with Gasteiger partial charge in [-0.05, 0) is 47.7 Å². The number of rotatable bonds is 4. The second-order valence-corrected chi connectivity index (χ2v) is 8.26. The largest absolute Gasteiger partial charge is 0.457 e. The Labute approximate surface area is 175 Å². The van der Waals surface area contributed by atoms with Gasteiger partial charge < -0.3 is 4.42 Å². The van der Waals surface area contributed by atoms with Gasteiger partial charge in [0.15, 0.2) is 0 Å². The van der Waals surface area contributed by atoms with Crippen LogP contribution in [0.4, 0.5) is 4.79 Å². The van der Waals surface area contributed by atoms with Crippen LogP contribution in [0.5, 0.6) is 0 Å². The van der Waals surface area contributed by atoms with E-state index in [1.165, 1.54) is 0 Å². The standard InChI is InChI=1S/C21H14BrNO2S2/c22-16-8-6-15(7-9-16)18-11-10-17(25-18)12-19-20(26)23(21(24)27-19)13-14-4-2-1-3-5-14/h1-12H,13H2. The van der Waals surface area contributed by atoms with E-state index in [0.717, 1.165) is 38.0 Å². The van der Waals surface area contributed by atoms with Crippen molar-refractivity contribution in [3.05, 3.63) is 87.4 Å². The Kier molecular flexibility index (Phi) is 5.29. The molecule has 2 heterocycles. The molecule has 1 saturated heterocycles. The molecule has 0 unspecified atom stereocenters. The van der Waals surface area contributed by atoms with Crippen molar-refractivity contribution in [2.75, 3.05) is 0 Å². The van der Waals surface area contributed by atoms with Crippen LogP contribution in [0.25, 0.3) is 17.4 Å². The van der Waals surface area contributed by atoms with Crippen molar-refractivity contribution in [1.29, 1.82) is 0 Å². The molecule has 0 spiro atoms. The number of benzene rings is 2. The highest BCUT2D eigenvalue weighted by Gasteiger charge is 2.31. The zero-order valence-corrected chi connectivity index (χ0v) is 17.3. The van der Waals surface area contributed by atoms with Crippen LogP contribution >= 0.6 is 39.9 Å². The van der Waals surface area contributed by atoms with Crippen molar-refractivity contribution in [3.63, 3.8) is 0 Å². The van der Waals surface area contributed by atoms with Crippen molar-refractivity contribution in [1.82, 2.24) is 4.90 Å². The van der Waals surface area contributed by atoms with Crippen molar-refractivity contribution in [3.8, 4) is 11.3 Å². The van der Waals surface area contributed by atoms with Crippen molar-refractivity contribution in [2.45, 2.75) is 6.54 Å². The number of carbonyl (C=O) groups is 1. The molecule has 4 rings (SSSR count). The lowest BCUT2D eigenvalue weighted by Gasteiger charge is -2.14. The van der Waals surface area contributed by atoms with E-state index in [0.29, 0.717) is 17.3 Å². The number of furan rings is 1. The first-order valence-electron chi connectivity index (χ1n) is 8.25. The predicted octanol–water partition coefficient (Wildman–Crippen LogP) is 6.75. The molecule has 1 aliphatic heterocycles. The normalized spacial score (nSPS) is 15.7. The van der Waals surface area contributed by atoms with E-state index in [1.807, 2.05) is 72.8 Å². The molecule has 134 valence electrons. The fourth-order valence-electron chi connectivity index (χ4n) is 2.73. The summed E-state index contributed by atoms with van der Waals surface area (Å²) >= 11 is 10.1. The summed E-state index contributed by atoms with van der Waals surface area (Å²) in [6.07, 6.45) is 1.83. The molecule has 1 fully saturated rings. The summed E-state index contributed by atoms with van der Waals surface area (Å²) < 4.78 is 6.93. The Morgan fingerprint density at radius 1 is 1.04 bits per heavy atom. The molecule has 0 N–H and O–H groups in total. The Hall–Kier alpha value is -2.15. The highest BCUT2D eigenvalue weighted by Crippen LogP contribution is 2.35. The minimum absolute atomic E-state index is 0.0604. The molecule has 2 aromatic carbocycles. The van der Waals surface area contributed by atoms with E-state index in [-0.39, 0.29) is 5.24 Å². The molecule has 6 heteroatoms. The average Bonchev–Trinajstić information content (AvgIpc) is 3.24. The summed E-state index contributed by atoms with van der Waals surface area (Å²) in [5, 5.41) is -0.0604. The third-order valence-corrected chi connectivity index (χ3v) is 6.11. The third kappa shape index (κ3) is 4.08. The van der Waals surface area contributed by atoms with Gasteiger partial charge in [-0.3, -0.25) is 9.69 Å². The molecule has 0 saturated carbocycles. The number of amides is 1. The maximum atomic E-state index is 12.4. The van der Waals surface area contributed by atoms with Crippen LogP contribution < -0.4 is 0 Å². The molecule has 27 heavy (non-hydrogen) atoms. The number of nitrogens with zero attached hydrogens (tertiary/aromatic N) is 1. The summed E-state index contributed by atoms with van der Waals surface area (Å²) in [6, 6.07) is 21.5. The summed E-state index contributed by atoms with van der Waals surface area (Å²) in [6.45, 7) is 0.477. The Balaban J connectivity index is 1.53. The number of thioether (sulfide) groups is 1. The molecular weight excluding hydrogens is 442 g/mol. The first-order chi connectivity index (χ1) is 13.1. The number of hydrogen-bond donors (Lipinski definition) is 0. The lowest BCUT2D eigenvalue weighted by atomic mass is 10.2. The molecule has 0 radical (unpaired) electrons. The molecule has 1 aromatic heterocycles. The van der Waals surface area contributed by atoms with Crippen LogP contribution in [0.15, 0.2) is 80.5 Å². The fourth-order valence-corrected chi connectivity index (χ4v) is 4.21. The van der Waals surface area contributed by atoms with Crippen LogP contribution in [0.1, 0.15) is 11.3 Å². The van der Waals surface area contributed by atoms with Crippen LogP contribution in [0.3, 0.4) is 0 Å². The van der Waals surface area contributed by atoms with Gasteiger partial charge in [-0.2, -0.15) is 0 Å². The van der Waals surface area contributed by atoms with Crippen molar-refractivity contribution < 1.29 is 9.21 Å². The molecular formula is C21H14BrNO2S2. The van der Waals surface area contributed by atoms with E-state index < -0.39 is 0 Å². The SMILES string of the molecule is O=C1SC(=Cc2ccc(-c3ccc(Br)cc3)o2)C(=S)N1Cc1ccccc1. The van der Waals surface area contributed by atoms with Gasteiger partial charge in [-0.25, -0.2) is 0 Å². The van der Waals surface area contributed by atoms with Gasteiger partial charge in [0, 0.05) is 10.0 Å². The van der Waals surface area contributed by atoms with Gasteiger partial charge in [0.05, 0.1) is 11.4 Å². The summed E-state index contributed by atoms with van der Waals surface area (Å²) in [5.74, 6) is 1.45. The number of carbonyl (C=O) groups excluding carboxylic acids is 1. The summed E-state index contributed by atoms with van der Waals surface area (Å²) in [7, 11) is 0. The van der Waals surface area contributed by atoms with Gasteiger partial charge in [0.25, 0.3) is 5.24 Å². The number of hydrogen-bond acceptors (Lipinski definition) is 4. The fraction of sp³-hybridized carbons (Fsp3) is 0.0476. The molecule has 0 bridgehead atoms. The Bertz CT molecular complexity index is 1030. The van der Waals surface area contributed by atoms with Gasteiger partial charge in [0.1, 0.15) is 16.5 Å². The third-order valence-electron chi connectivity index (χ3n) is 4.09. The van der Waals surface area contributed by atoms with E-state index >= 15 is 0 Å². The first kappa shape index (κ1) is 18.2. The summed E-state index contributed by atoms with van der Waals surface area (Å²) in [5.41, 5.74) is 2.04. The van der Waals surface area contributed by atoms with Crippen molar-refractivity contribution >= 4 is 56.2 Å². The summed E-state index contributed by atoms with van der Waals surface area (Å²) in [4.78, 5) is 15.3.